The van der Waals surface area contributed by atoms with Crippen molar-refractivity contribution in [3.63, 3.8) is 0 Å². The van der Waals surface area contributed by atoms with Gasteiger partial charge in [-0.2, -0.15) is 0 Å². The van der Waals surface area contributed by atoms with Gasteiger partial charge in [-0.1, -0.05) is 18.2 Å². The summed E-state index contributed by atoms with van der Waals surface area (Å²) in [4.78, 5) is 30.8. The zero-order chi connectivity index (χ0) is 22.1. The lowest BCUT2D eigenvalue weighted by molar-refractivity contribution is 0.0958. The molecule has 168 valence electrons. The average Bonchev–Trinajstić information content (AvgIpc) is 3.16. The fraction of sp³-hybridized carbons (Fsp3) is 0.458. The van der Waals surface area contributed by atoms with Gasteiger partial charge in [-0.3, -0.25) is 4.79 Å². The van der Waals surface area contributed by atoms with Crippen molar-refractivity contribution in [2.45, 2.75) is 19.8 Å². The van der Waals surface area contributed by atoms with Crippen molar-refractivity contribution in [1.29, 1.82) is 0 Å². The predicted molar refractivity (Wildman–Crippen MR) is 131 cm³/mol. The molecule has 5 rings (SSSR count). The number of amides is 1. The van der Waals surface area contributed by atoms with Crippen molar-refractivity contribution >= 4 is 39.0 Å². The van der Waals surface area contributed by atoms with Crippen LogP contribution in [-0.4, -0.2) is 73.6 Å². The molecule has 2 aliphatic rings. The lowest BCUT2D eigenvalue weighted by Crippen LogP contribution is -2.44. The summed E-state index contributed by atoms with van der Waals surface area (Å²) in [6.45, 7) is 8.42. The number of thiophene rings is 1. The fourth-order valence-corrected chi connectivity index (χ4v) is 5.82. The van der Waals surface area contributed by atoms with Crippen LogP contribution in [0.15, 0.2) is 30.6 Å². The van der Waals surface area contributed by atoms with Crippen LogP contribution >= 0.6 is 11.3 Å². The normalized spacial score (nSPS) is 16.9. The van der Waals surface area contributed by atoms with Crippen molar-refractivity contribution in [2.24, 2.45) is 0 Å². The molecule has 2 aromatic heterocycles. The maximum Gasteiger partial charge on any atom is 0.261 e. The maximum atomic E-state index is 13.1. The third-order valence-electron chi connectivity index (χ3n) is 6.59. The molecule has 0 spiro atoms. The summed E-state index contributed by atoms with van der Waals surface area (Å²) < 4.78 is 0. The number of nitrogens with zero attached hydrogens (tertiary/aromatic N) is 5. The van der Waals surface area contributed by atoms with Crippen LogP contribution in [0.4, 0.5) is 11.5 Å². The van der Waals surface area contributed by atoms with Crippen LogP contribution in [0.5, 0.6) is 0 Å². The smallest absolute Gasteiger partial charge is 0.261 e. The second kappa shape index (κ2) is 9.03. The quantitative estimate of drug-likeness (QED) is 0.645. The number of aromatic nitrogens is 2. The van der Waals surface area contributed by atoms with Crippen molar-refractivity contribution < 1.29 is 4.79 Å². The molecule has 1 fully saturated rings. The van der Waals surface area contributed by atoms with Crippen molar-refractivity contribution in [3.05, 3.63) is 46.6 Å². The molecule has 1 amide bonds. The Labute approximate surface area is 193 Å². The Balaban J connectivity index is 1.29. The summed E-state index contributed by atoms with van der Waals surface area (Å²) in [7, 11) is 2.15. The SMILES string of the molecule is Cc1c(C(=O)NCCN2CCCc3ccccc32)sc2ncnc(N3CCN(C)CC3)c12. The van der Waals surface area contributed by atoms with Gasteiger partial charge in [-0.15, -0.1) is 11.3 Å². The highest BCUT2D eigenvalue weighted by atomic mass is 32.1. The number of rotatable bonds is 5. The maximum absolute atomic E-state index is 13.1. The Kier molecular flexibility index (Phi) is 5.97. The number of nitrogens with one attached hydrogen (secondary N) is 1. The topological polar surface area (TPSA) is 64.6 Å². The lowest BCUT2D eigenvalue weighted by atomic mass is 10.0. The Morgan fingerprint density at radius 2 is 1.94 bits per heavy atom. The molecule has 0 unspecified atom stereocenters. The highest BCUT2D eigenvalue weighted by Gasteiger charge is 2.24. The highest BCUT2D eigenvalue weighted by molar-refractivity contribution is 7.20. The molecule has 0 radical (unpaired) electrons. The molecule has 0 atom stereocenters. The van der Waals surface area contributed by atoms with Gasteiger partial charge in [0.2, 0.25) is 0 Å². The predicted octanol–water partition coefficient (Wildman–Crippen LogP) is 2.93. The molecule has 2 aliphatic heterocycles. The largest absolute Gasteiger partial charge is 0.370 e. The van der Waals surface area contributed by atoms with Crippen molar-refractivity contribution in [1.82, 2.24) is 20.2 Å². The number of hydrogen-bond acceptors (Lipinski definition) is 7. The number of piperazine rings is 1. The first-order valence-corrected chi connectivity index (χ1v) is 12.2. The number of para-hydroxylation sites is 1. The van der Waals surface area contributed by atoms with Gasteiger partial charge in [0, 0.05) is 51.5 Å². The van der Waals surface area contributed by atoms with E-state index in [-0.39, 0.29) is 5.91 Å². The molecule has 1 N–H and O–H groups in total. The van der Waals surface area contributed by atoms with E-state index in [0.717, 1.165) is 78.6 Å². The molecular weight excluding hydrogens is 420 g/mol. The van der Waals surface area contributed by atoms with Crippen LogP contribution in [0, 0.1) is 6.92 Å². The second-order valence-electron chi connectivity index (χ2n) is 8.70. The van der Waals surface area contributed by atoms with E-state index >= 15 is 0 Å². The van der Waals surface area contributed by atoms with Crippen molar-refractivity contribution in [2.75, 3.05) is 62.7 Å². The number of benzene rings is 1. The lowest BCUT2D eigenvalue weighted by Gasteiger charge is -2.33. The second-order valence-corrected chi connectivity index (χ2v) is 9.70. The first-order chi connectivity index (χ1) is 15.6. The summed E-state index contributed by atoms with van der Waals surface area (Å²) in [6.07, 6.45) is 3.92. The molecule has 1 saturated heterocycles. The molecule has 3 aromatic rings. The van der Waals surface area contributed by atoms with Gasteiger partial charge >= 0.3 is 0 Å². The summed E-state index contributed by atoms with van der Waals surface area (Å²) in [5, 5.41) is 4.17. The number of likely N-dealkylation sites (N-methyl/N-ethyl adjacent to an activating group) is 1. The average molecular weight is 451 g/mol. The molecule has 32 heavy (non-hydrogen) atoms. The van der Waals surface area contributed by atoms with E-state index in [0.29, 0.717) is 6.54 Å². The third kappa shape index (κ3) is 4.04. The molecule has 7 nitrogen and oxygen atoms in total. The Bertz CT molecular complexity index is 1120. The molecule has 4 heterocycles. The number of fused-ring (bicyclic) bond motifs is 2. The number of aryl methyl sites for hydroxylation is 2. The summed E-state index contributed by atoms with van der Waals surface area (Å²) in [6, 6.07) is 8.59. The summed E-state index contributed by atoms with van der Waals surface area (Å²) >= 11 is 1.47. The first-order valence-electron chi connectivity index (χ1n) is 11.4. The van der Waals surface area contributed by atoms with E-state index in [9.17, 15) is 4.79 Å². The van der Waals surface area contributed by atoms with E-state index < -0.39 is 0 Å². The van der Waals surface area contributed by atoms with Gasteiger partial charge in [0.25, 0.3) is 5.91 Å². The summed E-state index contributed by atoms with van der Waals surface area (Å²) in [5.41, 5.74) is 3.69. The van der Waals surface area contributed by atoms with Crippen LogP contribution in [0.3, 0.4) is 0 Å². The molecule has 0 saturated carbocycles. The molecule has 0 bridgehead atoms. The zero-order valence-corrected chi connectivity index (χ0v) is 19.6. The number of anilines is 2. The van der Waals surface area contributed by atoms with E-state index in [1.54, 1.807) is 6.33 Å². The van der Waals surface area contributed by atoms with Gasteiger partial charge < -0.3 is 20.0 Å². The minimum absolute atomic E-state index is 0.0138. The Morgan fingerprint density at radius 1 is 1.12 bits per heavy atom. The van der Waals surface area contributed by atoms with Gasteiger partial charge in [0.05, 0.1) is 10.3 Å². The number of carbonyl (C=O) groups is 1. The number of hydrogen-bond donors (Lipinski definition) is 1. The van der Waals surface area contributed by atoms with Crippen LogP contribution in [0.1, 0.15) is 27.2 Å². The van der Waals surface area contributed by atoms with E-state index in [4.69, 9.17) is 0 Å². The van der Waals surface area contributed by atoms with Gasteiger partial charge in [-0.05, 0) is 44.0 Å². The summed E-state index contributed by atoms with van der Waals surface area (Å²) in [5.74, 6) is 0.945. The van der Waals surface area contributed by atoms with Crippen LogP contribution < -0.4 is 15.1 Å². The Morgan fingerprint density at radius 3 is 2.78 bits per heavy atom. The molecule has 8 heteroatoms. The van der Waals surface area contributed by atoms with E-state index in [1.807, 2.05) is 6.92 Å². The highest BCUT2D eigenvalue weighted by Crippen LogP contribution is 2.35. The Hall–Kier alpha value is -2.71. The molecule has 1 aromatic carbocycles. The molecule has 0 aliphatic carbocycles. The van der Waals surface area contributed by atoms with E-state index in [1.165, 1.54) is 22.6 Å². The minimum Gasteiger partial charge on any atom is -0.370 e. The zero-order valence-electron chi connectivity index (χ0n) is 18.8. The van der Waals surface area contributed by atoms with Gasteiger partial charge in [0.15, 0.2) is 0 Å². The molecular formula is C24H30N6OS. The van der Waals surface area contributed by atoms with Crippen LogP contribution in [0.25, 0.3) is 10.2 Å². The van der Waals surface area contributed by atoms with Crippen molar-refractivity contribution in [3.8, 4) is 0 Å². The fourth-order valence-electron chi connectivity index (χ4n) is 4.76. The van der Waals surface area contributed by atoms with Gasteiger partial charge in [0.1, 0.15) is 17.0 Å². The van der Waals surface area contributed by atoms with Crippen LogP contribution in [-0.2, 0) is 6.42 Å². The standard InChI is InChI=1S/C24H30N6OS/c1-17-20-22(30-14-12-28(2)13-15-30)26-16-27-24(20)32-21(17)23(31)25-9-11-29-10-5-7-18-6-3-4-8-19(18)29/h3-4,6,8,16H,5,7,9-15H2,1-2H3,(H,25,31). The van der Waals surface area contributed by atoms with Gasteiger partial charge in [-0.25, -0.2) is 9.97 Å². The third-order valence-corrected chi connectivity index (χ3v) is 7.79. The number of carbonyl (C=O) groups excluding carboxylic acids is 1. The first kappa shape index (κ1) is 21.2. The van der Waals surface area contributed by atoms with E-state index in [2.05, 4.69) is 61.3 Å². The minimum atomic E-state index is -0.0138. The monoisotopic (exact) mass is 450 g/mol. The van der Waals surface area contributed by atoms with Crippen LogP contribution in [0.2, 0.25) is 0 Å².